The summed E-state index contributed by atoms with van der Waals surface area (Å²) in [6, 6.07) is 3.54. The molecule has 1 saturated carbocycles. The molecule has 78 valence electrons. The topological polar surface area (TPSA) is 17.8 Å². The smallest absolute Gasteiger partial charge is 0.163 e. The van der Waals surface area contributed by atoms with Crippen molar-refractivity contribution >= 4 is 27.0 Å². The van der Waals surface area contributed by atoms with Crippen LogP contribution in [0.15, 0.2) is 22.9 Å². The van der Waals surface area contributed by atoms with Gasteiger partial charge in [0.15, 0.2) is 5.82 Å². The van der Waals surface area contributed by atoms with Crippen LogP contribution in [0.5, 0.6) is 0 Å². The van der Waals surface area contributed by atoms with Crippen molar-refractivity contribution in [3.05, 3.63) is 28.7 Å². The summed E-state index contributed by atoms with van der Waals surface area (Å²) in [4.78, 5) is 4.20. The van der Waals surface area contributed by atoms with Gasteiger partial charge >= 0.3 is 0 Å². The third kappa shape index (κ3) is 1.57. The van der Waals surface area contributed by atoms with Crippen molar-refractivity contribution in [1.29, 1.82) is 0 Å². The number of halogens is 2. The van der Waals surface area contributed by atoms with Gasteiger partial charge in [-0.25, -0.2) is 9.37 Å². The molecule has 1 aromatic heterocycles. The lowest BCUT2D eigenvalue weighted by Gasteiger charge is -2.03. The minimum atomic E-state index is -0.203. The summed E-state index contributed by atoms with van der Waals surface area (Å²) in [5.41, 5.74) is 1.35. The largest absolute Gasteiger partial charge is 0.328 e. The van der Waals surface area contributed by atoms with Gasteiger partial charge < -0.3 is 4.57 Å². The average Bonchev–Trinajstić information content (AvgIpc) is 2.93. The van der Waals surface area contributed by atoms with Gasteiger partial charge in [-0.15, -0.1) is 0 Å². The molecule has 0 unspecified atom stereocenters. The zero-order chi connectivity index (χ0) is 10.4. The number of aromatic nitrogens is 2. The minimum absolute atomic E-state index is 0.203. The fraction of sp³-hybridized carbons (Fsp3) is 0.364. The van der Waals surface area contributed by atoms with E-state index in [-0.39, 0.29) is 5.82 Å². The van der Waals surface area contributed by atoms with Gasteiger partial charge in [-0.1, -0.05) is 0 Å². The molecule has 1 heterocycles. The highest BCUT2D eigenvalue weighted by Gasteiger charge is 2.23. The van der Waals surface area contributed by atoms with Gasteiger partial charge in [-0.05, 0) is 46.8 Å². The van der Waals surface area contributed by atoms with Crippen molar-refractivity contribution in [3.8, 4) is 0 Å². The highest BCUT2D eigenvalue weighted by atomic mass is 79.9. The van der Waals surface area contributed by atoms with Crippen molar-refractivity contribution in [2.75, 3.05) is 0 Å². The van der Waals surface area contributed by atoms with Crippen LogP contribution in [0.3, 0.4) is 0 Å². The Morgan fingerprint density at radius 2 is 2.27 bits per heavy atom. The molecule has 0 N–H and O–H groups in total. The van der Waals surface area contributed by atoms with Gasteiger partial charge in [0.05, 0.1) is 16.3 Å². The second-order valence-corrected chi connectivity index (χ2v) is 4.92. The van der Waals surface area contributed by atoms with E-state index in [2.05, 4.69) is 20.9 Å². The van der Waals surface area contributed by atoms with Gasteiger partial charge in [0, 0.05) is 6.54 Å². The van der Waals surface area contributed by atoms with Crippen LogP contribution < -0.4 is 0 Å². The lowest BCUT2D eigenvalue weighted by Crippen LogP contribution is -1.99. The van der Waals surface area contributed by atoms with Crippen molar-refractivity contribution in [2.45, 2.75) is 19.4 Å². The zero-order valence-electron chi connectivity index (χ0n) is 8.08. The van der Waals surface area contributed by atoms with E-state index in [1.54, 1.807) is 12.4 Å². The Labute approximate surface area is 95.2 Å². The van der Waals surface area contributed by atoms with Gasteiger partial charge in [-0.2, -0.15) is 0 Å². The fourth-order valence-corrected chi connectivity index (χ4v) is 2.13. The molecule has 0 amide bonds. The summed E-state index contributed by atoms with van der Waals surface area (Å²) in [5.74, 6) is 0.520. The first-order chi connectivity index (χ1) is 7.25. The number of imidazole rings is 1. The molecule has 0 bridgehead atoms. The second-order valence-electron chi connectivity index (χ2n) is 4.07. The van der Waals surface area contributed by atoms with Crippen molar-refractivity contribution in [3.63, 3.8) is 0 Å². The number of hydrogen-bond donors (Lipinski definition) is 0. The van der Waals surface area contributed by atoms with E-state index < -0.39 is 0 Å². The van der Waals surface area contributed by atoms with E-state index in [0.29, 0.717) is 9.99 Å². The number of fused-ring (bicyclic) bond motifs is 1. The summed E-state index contributed by atoms with van der Waals surface area (Å²) in [6.07, 6.45) is 4.25. The third-order valence-electron chi connectivity index (χ3n) is 2.82. The van der Waals surface area contributed by atoms with Gasteiger partial charge in [0.1, 0.15) is 5.52 Å². The maximum Gasteiger partial charge on any atom is 0.163 e. The standard InChI is InChI=1S/C11H10BrFN2/c12-8-3-4-9-11(10(8)13)15(6-14-9)5-7-1-2-7/h3-4,6-7H,1-2,5H2. The van der Waals surface area contributed by atoms with Crippen molar-refractivity contribution in [2.24, 2.45) is 5.92 Å². The number of hydrogen-bond acceptors (Lipinski definition) is 1. The van der Waals surface area contributed by atoms with Crippen LogP contribution in [-0.2, 0) is 6.54 Å². The molecule has 4 heteroatoms. The molecule has 1 aliphatic carbocycles. The van der Waals surface area contributed by atoms with Crippen LogP contribution in [0.1, 0.15) is 12.8 Å². The van der Waals surface area contributed by atoms with E-state index in [0.717, 1.165) is 18.0 Å². The molecule has 1 fully saturated rings. The highest BCUT2D eigenvalue weighted by molar-refractivity contribution is 9.10. The molecule has 2 nitrogen and oxygen atoms in total. The first kappa shape index (κ1) is 9.33. The highest BCUT2D eigenvalue weighted by Crippen LogP contribution is 2.32. The zero-order valence-corrected chi connectivity index (χ0v) is 9.67. The molecular formula is C11H10BrFN2. The Hall–Kier alpha value is -0.900. The summed E-state index contributed by atoms with van der Waals surface area (Å²) >= 11 is 3.20. The van der Waals surface area contributed by atoms with E-state index in [4.69, 9.17) is 0 Å². The molecule has 15 heavy (non-hydrogen) atoms. The number of rotatable bonds is 2. The van der Waals surface area contributed by atoms with Gasteiger partial charge in [0.25, 0.3) is 0 Å². The molecule has 1 aromatic carbocycles. The lowest BCUT2D eigenvalue weighted by molar-refractivity contribution is 0.598. The molecule has 1 aliphatic rings. The first-order valence-corrected chi connectivity index (χ1v) is 5.84. The maximum absolute atomic E-state index is 13.9. The Morgan fingerprint density at radius 3 is 3.00 bits per heavy atom. The quantitative estimate of drug-likeness (QED) is 0.817. The van der Waals surface area contributed by atoms with Crippen LogP contribution in [0.2, 0.25) is 0 Å². The van der Waals surface area contributed by atoms with E-state index in [1.807, 2.05) is 10.6 Å². The monoisotopic (exact) mass is 268 g/mol. The fourth-order valence-electron chi connectivity index (χ4n) is 1.81. The Kier molecular flexibility index (Phi) is 2.06. The Morgan fingerprint density at radius 1 is 1.47 bits per heavy atom. The predicted molar refractivity (Wildman–Crippen MR) is 60.1 cm³/mol. The van der Waals surface area contributed by atoms with Crippen molar-refractivity contribution < 1.29 is 4.39 Å². The minimum Gasteiger partial charge on any atom is -0.328 e. The maximum atomic E-state index is 13.9. The number of nitrogens with zero attached hydrogens (tertiary/aromatic N) is 2. The molecule has 0 atom stereocenters. The lowest BCUT2D eigenvalue weighted by atomic mass is 10.3. The second kappa shape index (κ2) is 3.30. The molecule has 0 radical (unpaired) electrons. The summed E-state index contributed by atoms with van der Waals surface area (Å²) < 4.78 is 16.3. The van der Waals surface area contributed by atoms with E-state index in [9.17, 15) is 4.39 Å². The molecule has 0 spiro atoms. The van der Waals surface area contributed by atoms with Gasteiger partial charge in [-0.3, -0.25) is 0 Å². The van der Waals surface area contributed by atoms with E-state index in [1.165, 1.54) is 12.8 Å². The molecule has 0 saturated heterocycles. The van der Waals surface area contributed by atoms with Crippen LogP contribution in [0.4, 0.5) is 4.39 Å². The first-order valence-electron chi connectivity index (χ1n) is 5.04. The predicted octanol–water partition coefficient (Wildman–Crippen LogP) is 3.35. The normalized spacial score (nSPS) is 16.1. The summed E-state index contributed by atoms with van der Waals surface area (Å²) in [7, 11) is 0. The van der Waals surface area contributed by atoms with Crippen LogP contribution in [0.25, 0.3) is 11.0 Å². The SMILES string of the molecule is Fc1c(Br)ccc2ncn(CC3CC3)c12. The summed E-state index contributed by atoms with van der Waals surface area (Å²) in [6.45, 7) is 0.893. The van der Waals surface area contributed by atoms with Crippen molar-refractivity contribution in [1.82, 2.24) is 9.55 Å². The molecule has 0 aliphatic heterocycles. The van der Waals surface area contributed by atoms with Gasteiger partial charge in [0.2, 0.25) is 0 Å². The van der Waals surface area contributed by atoms with E-state index >= 15 is 0 Å². The van der Waals surface area contributed by atoms with Crippen LogP contribution in [0, 0.1) is 11.7 Å². The molecule has 3 rings (SSSR count). The average molecular weight is 269 g/mol. The number of benzene rings is 1. The third-order valence-corrected chi connectivity index (χ3v) is 3.44. The molecular weight excluding hydrogens is 259 g/mol. The Balaban J connectivity index is 2.16. The van der Waals surface area contributed by atoms with Crippen LogP contribution >= 0.6 is 15.9 Å². The molecule has 2 aromatic rings. The Bertz CT molecular complexity index is 517. The van der Waals surface area contributed by atoms with Crippen LogP contribution in [-0.4, -0.2) is 9.55 Å². The summed E-state index contributed by atoms with van der Waals surface area (Å²) in [5, 5.41) is 0.